The zero-order valence-electron chi connectivity index (χ0n) is 14.8. The Labute approximate surface area is 179 Å². The average Bonchev–Trinajstić information content (AvgIpc) is 2.73. The Balaban J connectivity index is 1.75. The summed E-state index contributed by atoms with van der Waals surface area (Å²) in [7, 11) is 0. The monoisotopic (exact) mass is 484 g/mol. The van der Waals surface area contributed by atoms with Crippen LogP contribution in [0.5, 0.6) is 0 Å². The number of rotatable bonds is 1. The molecule has 0 spiro atoms. The van der Waals surface area contributed by atoms with Crippen molar-refractivity contribution < 1.29 is 0 Å². The Morgan fingerprint density at radius 2 is 1.11 bits per heavy atom. The van der Waals surface area contributed by atoms with Crippen molar-refractivity contribution in [1.29, 1.82) is 0 Å². The van der Waals surface area contributed by atoms with Gasteiger partial charge in [0.15, 0.2) is 0 Å². The van der Waals surface area contributed by atoms with E-state index in [0.717, 1.165) is 8.95 Å². The zero-order chi connectivity index (χ0) is 18.8. The molecule has 2 heteroatoms. The van der Waals surface area contributed by atoms with Gasteiger partial charge in [0, 0.05) is 8.95 Å². The van der Waals surface area contributed by atoms with Gasteiger partial charge in [0.25, 0.3) is 0 Å². The molecule has 6 aromatic carbocycles. The fourth-order valence-electron chi connectivity index (χ4n) is 4.46. The molecule has 0 unspecified atom stereocenters. The predicted molar refractivity (Wildman–Crippen MR) is 128 cm³/mol. The van der Waals surface area contributed by atoms with Gasteiger partial charge in [-0.2, -0.15) is 0 Å². The number of halogens is 2. The minimum Gasteiger partial charge on any atom is -0.0616 e. The molecule has 0 radical (unpaired) electrons. The van der Waals surface area contributed by atoms with Crippen LogP contribution >= 0.6 is 31.9 Å². The molecule has 0 atom stereocenters. The van der Waals surface area contributed by atoms with Gasteiger partial charge in [-0.1, -0.05) is 98.6 Å². The van der Waals surface area contributed by atoms with E-state index >= 15 is 0 Å². The lowest BCUT2D eigenvalue weighted by molar-refractivity contribution is 1.68. The first-order chi connectivity index (χ1) is 13.7. The van der Waals surface area contributed by atoms with Crippen molar-refractivity contribution in [2.24, 2.45) is 0 Å². The molecule has 0 amide bonds. The van der Waals surface area contributed by atoms with Gasteiger partial charge in [-0.3, -0.25) is 0 Å². The summed E-state index contributed by atoms with van der Waals surface area (Å²) in [5.74, 6) is 0. The SMILES string of the molecule is Brc1cc(Br)c2ccc3cc(-c4cccc5ccccc45)cc4ccc1c2c43. The number of benzene rings is 6. The Morgan fingerprint density at radius 1 is 0.464 bits per heavy atom. The van der Waals surface area contributed by atoms with Gasteiger partial charge in [-0.25, -0.2) is 0 Å². The molecule has 0 fully saturated rings. The van der Waals surface area contributed by atoms with Crippen LogP contribution in [0.25, 0.3) is 54.2 Å². The minimum atomic E-state index is 1.12. The third-order valence-corrected chi connectivity index (χ3v) is 7.03. The molecule has 0 bridgehead atoms. The summed E-state index contributed by atoms with van der Waals surface area (Å²) in [6, 6.07) is 30.9. The molecule has 6 rings (SSSR count). The van der Waals surface area contributed by atoms with E-state index in [1.807, 2.05) is 0 Å². The highest BCUT2D eigenvalue weighted by Gasteiger charge is 2.14. The zero-order valence-corrected chi connectivity index (χ0v) is 18.0. The van der Waals surface area contributed by atoms with Crippen molar-refractivity contribution in [2.45, 2.75) is 0 Å². The lowest BCUT2D eigenvalue weighted by Crippen LogP contribution is -1.88. The molecule has 0 aliphatic rings. The minimum absolute atomic E-state index is 1.12. The molecular weight excluding hydrogens is 472 g/mol. The molecule has 6 aromatic rings. The van der Waals surface area contributed by atoms with Gasteiger partial charge in [0.05, 0.1) is 0 Å². The lowest BCUT2D eigenvalue weighted by Gasteiger charge is -2.15. The van der Waals surface area contributed by atoms with E-state index in [-0.39, 0.29) is 0 Å². The van der Waals surface area contributed by atoms with Gasteiger partial charge in [-0.15, -0.1) is 0 Å². The van der Waals surface area contributed by atoms with Crippen LogP contribution in [0.4, 0.5) is 0 Å². The van der Waals surface area contributed by atoms with Crippen LogP contribution in [0.2, 0.25) is 0 Å². The fraction of sp³-hybridized carbons (Fsp3) is 0. The van der Waals surface area contributed by atoms with Crippen LogP contribution in [0, 0.1) is 0 Å². The summed E-state index contributed by atoms with van der Waals surface area (Å²) >= 11 is 7.48. The first-order valence-corrected chi connectivity index (χ1v) is 10.8. The van der Waals surface area contributed by atoms with Crippen molar-refractivity contribution in [3.8, 4) is 11.1 Å². The standard InChI is InChI=1S/C26H14Br2/c27-23-14-24(28)22-11-9-17-13-18(12-16-8-10-21(23)26(22)25(16)17)20-7-3-5-15-4-1-2-6-19(15)20/h1-14H. The van der Waals surface area contributed by atoms with E-state index in [0.29, 0.717) is 0 Å². The fourth-order valence-corrected chi connectivity index (χ4v) is 5.89. The van der Waals surface area contributed by atoms with E-state index in [2.05, 4.69) is 117 Å². The van der Waals surface area contributed by atoms with Crippen molar-refractivity contribution in [3.05, 3.63) is 93.9 Å². The quantitative estimate of drug-likeness (QED) is 0.204. The maximum absolute atomic E-state index is 3.74. The smallest absolute Gasteiger partial charge is 0.0265 e. The number of hydrogen-bond donors (Lipinski definition) is 0. The van der Waals surface area contributed by atoms with Crippen molar-refractivity contribution >= 4 is 74.9 Å². The predicted octanol–water partition coefficient (Wildman–Crippen LogP) is 8.93. The van der Waals surface area contributed by atoms with Crippen LogP contribution in [-0.2, 0) is 0 Å². The summed E-state index contributed by atoms with van der Waals surface area (Å²) in [5.41, 5.74) is 2.55. The largest absolute Gasteiger partial charge is 0.0616 e. The van der Waals surface area contributed by atoms with Gasteiger partial charge in [-0.05, 0) is 72.4 Å². The molecule has 0 heterocycles. The van der Waals surface area contributed by atoms with E-state index in [9.17, 15) is 0 Å². The second kappa shape index (κ2) is 6.04. The summed E-state index contributed by atoms with van der Waals surface area (Å²) < 4.78 is 2.25. The van der Waals surface area contributed by atoms with E-state index < -0.39 is 0 Å². The second-order valence-electron chi connectivity index (χ2n) is 7.27. The van der Waals surface area contributed by atoms with E-state index in [4.69, 9.17) is 0 Å². The molecule has 28 heavy (non-hydrogen) atoms. The van der Waals surface area contributed by atoms with Crippen molar-refractivity contribution in [1.82, 2.24) is 0 Å². The molecule has 0 aromatic heterocycles. The van der Waals surface area contributed by atoms with Gasteiger partial charge in [0.1, 0.15) is 0 Å². The highest BCUT2D eigenvalue weighted by atomic mass is 79.9. The summed E-state index contributed by atoms with van der Waals surface area (Å²) in [4.78, 5) is 0. The van der Waals surface area contributed by atoms with Crippen LogP contribution in [0.3, 0.4) is 0 Å². The lowest BCUT2D eigenvalue weighted by atomic mass is 9.90. The molecular formula is C26H14Br2. The molecule has 0 aliphatic heterocycles. The van der Waals surface area contributed by atoms with E-state index in [1.54, 1.807) is 0 Å². The van der Waals surface area contributed by atoms with Crippen LogP contribution in [-0.4, -0.2) is 0 Å². The Hall–Kier alpha value is -2.42. The molecule has 132 valence electrons. The summed E-state index contributed by atoms with van der Waals surface area (Å²) in [6.45, 7) is 0. The molecule has 0 nitrogen and oxygen atoms in total. The first kappa shape index (κ1) is 16.5. The molecule has 0 N–H and O–H groups in total. The number of hydrogen-bond acceptors (Lipinski definition) is 0. The highest BCUT2D eigenvalue weighted by molar-refractivity contribution is 9.11. The number of fused-ring (bicyclic) bond motifs is 1. The maximum atomic E-state index is 3.74. The third-order valence-electron chi connectivity index (χ3n) is 5.72. The first-order valence-electron chi connectivity index (χ1n) is 9.25. The topological polar surface area (TPSA) is 0 Å². The maximum Gasteiger partial charge on any atom is 0.0265 e. The van der Waals surface area contributed by atoms with E-state index in [1.165, 1.54) is 54.2 Å². The van der Waals surface area contributed by atoms with Gasteiger partial charge in [0.2, 0.25) is 0 Å². The Bertz CT molecular complexity index is 1450. The second-order valence-corrected chi connectivity index (χ2v) is 8.97. The van der Waals surface area contributed by atoms with Crippen LogP contribution < -0.4 is 0 Å². The third kappa shape index (κ3) is 2.28. The van der Waals surface area contributed by atoms with Crippen LogP contribution in [0.1, 0.15) is 0 Å². The summed E-state index contributed by atoms with van der Waals surface area (Å²) in [5, 5.41) is 10.3. The summed E-state index contributed by atoms with van der Waals surface area (Å²) in [6.07, 6.45) is 0. The normalized spacial score (nSPS) is 11.9. The Kier molecular flexibility index (Phi) is 3.56. The van der Waals surface area contributed by atoms with Gasteiger partial charge >= 0.3 is 0 Å². The molecule has 0 aliphatic carbocycles. The van der Waals surface area contributed by atoms with Crippen molar-refractivity contribution in [2.75, 3.05) is 0 Å². The van der Waals surface area contributed by atoms with Gasteiger partial charge < -0.3 is 0 Å². The highest BCUT2D eigenvalue weighted by Crippen LogP contribution is 2.43. The Morgan fingerprint density at radius 3 is 1.82 bits per heavy atom. The average molecular weight is 486 g/mol. The van der Waals surface area contributed by atoms with Crippen molar-refractivity contribution in [3.63, 3.8) is 0 Å². The van der Waals surface area contributed by atoms with Crippen LogP contribution in [0.15, 0.2) is 93.9 Å². The molecule has 0 saturated heterocycles. The molecule has 0 saturated carbocycles.